The van der Waals surface area contributed by atoms with Crippen molar-refractivity contribution >= 4 is 34.1 Å². The number of piperidine rings is 1. The van der Waals surface area contributed by atoms with Crippen LogP contribution in [-0.4, -0.2) is 53.1 Å². The summed E-state index contributed by atoms with van der Waals surface area (Å²) in [6.45, 7) is 2.86. The van der Waals surface area contributed by atoms with E-state index in [2.05, 4.69) is 62.9 Å². The molecule has 0 atom stereocenters. The van der Waals surface area contributed by atoms with Gasteiger partial charge in [0.1, 0.15) is 0 Å². The molecule has 7 nitrogen and oxygen atoms in total. The molecule has 1 aromatic heterocycles. The van der Waals surface area contributed by atoms with Crippen molar-refractivity contribution in [3.05, 3.63) is 96.2 Å². The molecule has 2 aliphatic rings. The van der Waals surface area contributed by atoms with Crippen LogP contribution in [0.2, 0.25) is 0 Å². The van der Waals surface area contributed by atoms with E-state index < -0.39 is 0 Å². The van der Waals surface area contributed by atoms with E-state index in [9.17, 15) is 9.59 Å². The number of hydrogen-bond donors (Lipinski definition) is 1. The summed E-state index contributed by atoms with van der Waals surface area (Å²) in [4.78, 5) is 29.7. The van der Waals surface area contributed by atoms with E-state index in [1.165, 1.54) is 16.3 Å². The van der Waals surface area contributed by atoms with Gasteiger partial charge in [0.05, 0.1) is 12.3 Å². The number of carbonyl (C=O) groups excluding carboxylic acids is 2. The predicted molar refractivity (Wildman–Crippen MR) is 149 cm³/mol. The summed E-state index contributed by atoms with van der Waals surface area (Å²) >= 11 is 0. The first-order valence-corrected chi connectivity index (χ1v) is 13.3. The van der Waals surface area contributed by atoms with Crippen molar-refractivity contribution in [2.75, 3.05) is 36.4 Å². The molecule has 2 fully saturated rings. The minimum absolute atomic E-state index is 0.0381. The van der Waals surface area contributed by atoms with Crippen LogP contribution in [-0.2, 0) is 16.0 Å². The van der Waals surface area contributed by atoms with Gasteiger partial charge >= 0.3 is 0 Å². The van der Waals surface area contributed by atoms with Gasteiger partial charge in [-0.05, 0) is 64.9 Å². The first-order valence-electron chi connectivity index (χ1n) is 13.3. The van der Waals surface area contributed by atoms with Gasteiger partial charge in [0.2, 0.25) is 11.8 Å². The van der Waals surface area contributed by atoms with Gasteiger partial charge in [-0.2, -0.15) is 5.10 Å². The minimum Gasteiger partial charge on any atom is -0.353 e. The van der Waals surface area contributed by atoms with Crippen LogP contribution in [0.3, 0.4) is 0 Å². The molecule has 4 aromatic rings. The maximum atomic E-state index is 13.0. The molecule has 1 N–H and O–H groups in total. The van der Waals surface area contributed by atoms with Gasteiger partial charge in [-0.25, -0.2) is 0 Å². The third-order valence-corrected chi connectivity index (χ3v) is 7.80. The number of fused-ring (bicyclic) bond motifs is 1. The fourth-order valence-electron chi connectivity index (χ4n) is 5.47. The normalized spacial score (nSPS) is 16.3. The quantitative estimate of drug-likeness (QED) is 0.413. The second-order valence-corrected chi connectivity index (χ2v) is 10.3. The van der Waals surface area contributed by atoms with Gasteiger partial charge in [-0.3, -0.25) is 9.59 Å². The van der Waals surface area contributed by atoms with Crippen LogP contribution in [0.15, 0.2) is 85.1 Å². The Balaban J connectivity index is 0.972. The highest BCUT2D eigenvalue weighted by Crippen LogP contribution is 2.30. The molecule has 7 heteroatoms. The van der Waals surface area contributed by atoms with Gasteiger partial charge in [-0.15, -0.1) is 5.10 Å². The maximum Gasteiger partial charge on any atom is 0.231 e. The number of hydrogen-bond acceptors (Lipinski definition) is 5. The zero-order valence-corrected chi connectivity index (χ0v) is 21.3. The van der Waals surface area contributed by atoms with Crippen molar-refractivity contribution in [3.8, 4) is 0 Å². The molecule has 6 rings (SSSR count). The summed E-state index contributed by atoms with van der Waals surface area (Å²) in [6, 6.07) is 26.5. The second kappa shape index (κ2) is 10.6. The Morgan fingerprint density at radius 1 is 0.868 bits per heavy atom. The molecule has 3 heterocycles. The van der Waals surface area contributed by atoms with Crippen LogP contribution in [0.5, 0.6) is 0 Å². The summed E-state index contributed by atoms with van der Waals surface area (Å²) in [5.41, 5.74) is 3.15. The number of likely N-dealkylation sites (tertiary alicyclic amines) is 1. The number of amides is 2. The first-order chi connectivity index (χ1) is 18.6. The summed E-state index contributed by atoms with van der Waals surface area (Å²) in [5, 5.41) is 13.4. The Hall–Kier alpha value is -4.26. The fourth-order valence-corrected chi connectivity index (χ4v) is 5.47. The Bertz CT molecular complexity index is 1430. The lowest BCUT2D eigenvalue weighted by molar-refractivity contribution is -0.131. The first kappa shape index (κ1) is 24.1. The molecule has 192 valence electrons. The van der Waals surface area contributed by atoms with E-state index in [0.29, 0.717) is 25.4 Å². The van der Waals surface area contributed by atoms with Crippen molar-refractivity contribution < 1.29 is 9.59 Å². The standard InChI is InChI=1S/C31H31N5O2/c37-30(19-22-7-8-23-4-1-2-5-26(23)18-22)35-16-13-25(14-17-35)24-9-11-28(12-10-24)33-31(38)27-20-36(21-27)29-6-3-15-32-34-29/h1-12,15,18,25,27H,13-14,16-17,19-21H2,(H,33,38). The average Bonchev–Trinajstić information content (AvgIpc) is 2.93. The summed E-state index contributed by atoms with van der Waals surface area (Å²) in [7, 11) is 0. The predicted octanol–water partition coefficient (Wildman–Crippen LogP) is 4.65. The lowest BCUT2D eigenvalue weighted by Gasteiger charge is -2.38. The Labute approximate surface area is 222 Å². The number of aromatic nitrogens is 2. The molecule has 2 aliphatic heterocycles. The molecule has 0 unspecified atom stereocenters. The summed E-state index contributed by atoms with van der Waals surface area (Å²) < 4.78 is 0. The maximum absolute atomic E-state index is 13.0. The van der Waals surface area contributed by atoms with Crippen LogP contribution >= 0.6 is 0 Å². The molecule has 0 spiro atoms. The van der Waals surface area contributed by atoms with Gasteiger partial charge in [0, 0.05) is 38.1 Å². The molecule has 2 saturated heterocycles. The fraction of sp³-hybridized carbons (Fsp3) is 0.290. The molecule has 0 bridgehead atoms. The zero-order valence-electron chi connectivity index (χ0n) is 21.3. The van der Waals surface area contributed by atoms with E-state index in [1.54, 1.807) is 6.20 Å². The molecule has 3 aromatic carbocycles. The van der Waals surface area contributed by atoms with Crippen LogP contribution in [0.25, 0.3) is 10.8 Å². The largest absolute Gasteiger partial charge is 0.353 e. The molecular formula is C31H31N5O2. The smallest absolute Gasteiger partial charge is 0.231 e. The van der Waals surface area contributed by atoms with E-state index in [4.69, 9.17) is 0 Å². The molecule has 38 heavy (non-hydrogen) atoms. The Morgan fingerprint density at radius 2 is 1.63 bits per heavy atom. The van der Waals surface area contributed by atoms with Gasteiger partial charge < -0.3 is 15.1 Å². The van der Waals surface area contributed by atoms with E-state index >= 15 is 0 Å². The lowest BCUT2D eigenvalue weighted by Crippen LogP contribution is -2.52. The molecular weight excluding hydrogens is 474 g/mol. The van der Waals surface area contributed by atoms with Crippen LogP contribution in [0.4, 0.5) is 11.5 Å². The van der Waals surface area contributed by atoms with Crippen LogP contribution in [0, 0.1) is 5.92 Å². The topological polar surface area (TPSA) is 78.4 Å². The average molecular weight is 506 g/mol. The number of nitrogens with one attached hydrogen (secondary N) is 1. The molecule has 0 radical (unpaired) electrons. The highest BCUT2D eigenvalue weighted by Gasteiger charge is 2.33. The third kappa shape index (κ3) is 5.23. The number of anilines is 2. The highest BCUT2D eigenvalue weighted by atomic mass is 16.2. The van der Waals surface area contributed by atoms with Crippen LogP contribution in [0.1, 0.15) is 29.9 Å². The van der Waals surface area contributed by atoms with Crippen molar-refractivity contribution in [2.24, 2.45) is 5.92 Å². The number of carbonyl (C=O) groups is 2. The summed E-state index contributed by atoms with van der Waals surface area (Å²) in [5.74, 6) is 1.42. The molecule has 0 saturated carbocycles. The number of nitrogens with zero attached hydrogens (tertiary/aromatic N) is 4. The number of benzene rings is 3. The Morgan fingerprint density at radius 3 is 2.37 bits per heavy atom. The zero-order chi connectivity index (χ0) is 25.9. The monoisotopic (exact) mass is 505 g/mol. The third-order valence-electron chi connectivity index (χ3n) is 7.80. The van der Waals surface area contributed by atoms with Gasteiger partial charge in [0.15, 0.2) is 5.82 Å². The van der Waals surface area contributed by atoms with Crippen molar-refractivity contribution in [1.29, 1.82) is 0 Å². The number of rotatable bonds is 6. The molecule has 2 amide bonds. The van der Waals surface area contributed by atoms with Crippen molar-refractivity contribution in [3.63, 3.8) is 0 Å². The highest BCUT2D eigenvalue weighted by molar-refractivity contribution is 5.94. The van der Waals surface area contributed by atoms with Gasteiger partial charge in [-0.1, -0.05) is 54.6 Å². The van der Waals surface area contributed by atoms with Crippen molar-refractivity contribution in [2.45, 2.75) is 25.2 Å². The Kier molecular flexibility index (Phi) is 6.73. The van der Waals surface area contributed by atoms with Crippen LogP contribution < -0.4 is 10.2 Å². The van der Waals surface area contributed by atoms with E-state index in [0.717, 1.165) is 43.0 Å². The summed E-state index contributed by atoms with van der Waals surface area (Å²) in [6.07, 6.45) is 4.00. The second-order valence-electron chi connectivity index (χ2n) is 10.3. The minimum atomic E-state index is -0.0480. The van der Waals surface area contributed by atoms with Gasteiger partial charge in [0.25, 0.3) is 0 Å². The lowest BCUT2D eigenvalue weighted by atomic mass is 9.89. The molecule has 0 aliphatic carbocycles. The van der Waals surface area contributed by atoms with E-state index in [1.807, 2.05) is 41.3 Å². The van der Waals surface area contributed by atoms with Crippen molar-refractivity contribution in [1.82, 2.24) is 15.1 Å². The SMILES string of the molecule is O=C(Nc1ccc(C2CCN(C(=O)Cc3ccc4ccccc4c3)CC2)cc1)C1CN(c2cccnn2)C1. The van der Waals surface area contributed by atoms with E-state index in [-0.39, 0.29) is 17.7 Å².